The number of nitrogens with one attached hydrogen (secondary N) is 2. The number of thiophene rings is 1. The molecule has 1 aromatic carbocycles. The van der Waals surface area contributed by atoms with E-state index >= 15 is 0 Å². The van der Waals surface area contributed by atoms with Gasteiger partial charge in [-0.25, -0.2) is 0 Å². The number of rotatable bonds is 4. The number of amides is 2. The number of aromatic nitrogens is 1. The Balaban J connectivity index is 1.52. The lowest BCUT2D eigenvalue weighted by Gasteiger charge is -2.15. The average molecular weight is 437 g/mol. The van der Waals surface area contributed by atoms with E-state index < -0.39 is 12.3 Å². The SMILES string of the molecule is Cc1sc2cc(C(=O)Nc3ccc(OC(F)(F)F)cc3)[nH]c2c1C(=O)N1CCCC1. The molecule has 4 rings (SSSR count). The summed E-state index contributed by atoms with van der Waals surface area (Å²) in [7, 11) is 0. The van der Waals surface area contributed by atoms with Gasteiger partial charge in [-0.3, -0.25) is 9.59 Å². The Labute approximate surface area is 173 Å². The fourth-order valence-electron chi connectivity index (χ4n) is 3.49. The van der Waals surface area contributed by atoms with Gasteiger partial charge in [0, 0.05) is 23.7 Å². The van der Waals surface area contributed by atoms with Gasteiger partial charge in [0.05, 0.1) is 15.8 Å². The number of hydrogen-bond acceptors (Lipinski definition) is 4. The smallest absolute Gasteiger partial charge is 0.406 e. The van der Waals surface area contributed by atoms with Crippen molar-refractivity contribution < 1.29 is 27.5 Å². The lowest BCUT2D eigenvalue weighted by atomic mass is 10.2. The Bertz CT molecular complexity index is 1100. The van der Waals surface area contributed by atoms with Crippen molar-refractivity contribution in [1.29, 1.82) is 0 Å². The van der Waals surface area contributed by atoms with Crippen molar-refractivity contribution in [3.05, 3.63) is 46.5 Å². The van der Waals surface area contributed by atoms with Gasteiger partial charge in [-0.2, -0.15) is 0 Å². The first-order valence-electron chi connectivity index (χ1n) is 9.30. The predicted octanol–water partition coefficient (Wildman–Crippen LogP) is 4.92. The van der Waals surface area contributed by atoms with E-state index in [2.05, 4.69) is 15.0 Å². The van der Waals surface area contributed by atoms with Crippen LogP contribution >= 0.6 is 11.3 Å². The van der Waals surface area contributed by atoms with Crippen molar-refractivity contribution in [3.63, 3.8) is 0 Å². The summed E-state index contributed by atoms with van der Waals surface area (Å²) in [4.78, 5) is 31.2. The van der Waals surface area contributed by atoms with Gasteiger partial charge in [0.25, 0.3) is 11.8 Å². The van der Waals surface area contributed by atoms with E-state index in [0.29, 0.717) is 16.8 Å². The van der Waals surface area contributed by atoms with Crippen LogP contribution in [0.1, 0.15) is 38.6 Å². The fourth-order valence-corrected chi connectivity index (χ4v) is 4.54. The molecule has 0 radical (unpaired) electrons. The van der Waals surface area contributed by atoms with Gasteiger partial charge >= 0.3 is 6.36 Å². The van der Waals surface area contributed by atoms with Gasteiger partial charge in [-0.1, -0.05) is 0 Å². The second kappa shape index (κ2) is 7.67. The number of aryl methyl sites for hydroxylation is 1. The number of halogens is 3. The summed E-state index contributed by atoms with van der Waals surface area (Å²) in [6, 6.07) is 6.54. The molecule has 1 aliphatic heterocycles. The normalized spacial score (nSPS) is 14.3. The number of H-pyrrole nitrogens is 1. The molecule has 0 aliphatic carbocycles. The van der Waals surface area contributed by atoms with Gasteiger partial charge in [0.1, 0.15) is 11.4 Å². The summed E-state index contributed by atoms with van der Waals surface area (Å²) in [5.41, 5.74) is 1.80. The molecule has 3 heterocycles. The molecule has 0 unspecified atom stereocenters. The number of aromatic amines is 1. The van der Waals surface area contributed by atoms with Gasteiger partial charge in [-0.15, -0.1) is 24.5 Å². The number of likely N-dealkylation sites (tertiary alicyclic amines) is 1. The molecule has 0 atom stereocenters. The monoisotopic (exact) mass is 437 g/mol. The minimum atomic E-state index is -4.77. The summed E-state index contributed by atoms with van der Waals surface area (Å²) in [6.07, 6.45) is -2.80. The molecule has 2 N–H and O–H groups in total. The topological polar surface area (TPSA) is 74.4 Å². The molecule has 30 heavy (non-hydrogen) atoms. The molecule has 1 fully saturated rings. The Morgan fingerprint density at radius 3 is 2.47 bits per heavy atom. The van der Waals surface area contributed by atoms with Crippen LogP contribution in [0.25, 0.3) is 10.2 Å². The molecule has 2 aromatic heterocycles. The van der Waals surface area contributed by atoms with E-state index in [4.69, 9.17) is 0 Å². The highest BCUT2D eigenvalue weighted by molar-refractivity contribution is 7.19. The zero-order valence-electron chi connectivity index (χ0n) is 15.9. The highest BCUT2D eigenvalue weighted by atomic mass is 32.1. The maximum Gasteiger partial charge on any atom is 0.573 e. The lowest BCUT2D eigenvalue weighted by Crippen LogP contribution is -2.27. The lowest BCUT2D eigenvalue weighted by molar-refractivity contribution is -0.274. The Morgan fingerprint density at radius 1 is 1.17 bits per heavy atom. The van der Waals surface area contributed by atoms with Crippen LogP contribution in [0.15, 0.2) is 30.3 Å². The number of carbonyl (C=O) groups excluding carboxylic acids is 2. The second-order valence-corrected chi connectivity index (χ2v) is 8.24. The van der Waals surface area contributed by atoms with E-state index in [1.54, 1.807) is 6.07 Å². The first-order valence-corrected chi connectivity index (χ1v) is 10.1. The largest absolute Gasteiger partial charge is 0.573 e. The van der Waals surface area contributed by atoms with Crippen LogP contribution in [-0.4, -0.2) is 41.2 Å². The Morgan fingerprint density at radius 2 is 1.83 bits per heavy atom. The molecule has 1 aliphatic rings. The molecule has 158 valence electrons. The number of carbonyl (C=O) groups is 2. The van der Waals surface area contributed by atoms with Crippen molar-refractivity contribution in [1.82, 2.24) is 9.88 Å². The van der Waals surface area contributed by atoms with Crippen LogP contribution in [0.2, 0.25) is 0 Å². The van der Waals surface area contributed by atoms with Crippen molar-refractivity contribution in [2.75, 3.05) is 18.4 Å². The maximum absolute atomic E-state index is 12.9. The molecule has 6 nitrogen and oxygen atoms in total. The van der Waals surface area contributed by atoms with E-state index in [1.807, 2.05) is 11.8 Å². The molecule has 0 spiro atoms. The number of nitrogens with zero attached hydrogens (tertiary/aromatic N) is 1. The number of ether oxygens (including phenoxy) is 1. The predicted molar refractivity (Wildman–Crippen MR) is 107 cm³/mol. The highest BCUT2D eigenvalue weighted by Crippen LogP contribution is 2.33. The van der Waals surface area contributed by atoms with Crippen molar-refractivity contribution >= 4 is 39.1 Å². The summed E-state index contributed by atoms with van der Waals surface area (Å²) < 4.78 is 41.3. The molecule has 3 aromatic rings. The Kier molecular flexibility index (Phi) is 5.19. The molecule has 2 amide bonds. The van der Waals surface area contributed by atoms with E-state index in [0.717, 1.165) is 47.6 Å². The van der Waals surface area contributed by atoms with Crippen LogP contribution < -0.4 is 10.1 Å². The summed E-state index contributed by atoms with van der Waals surface area (Å²) >= 11 is 1.44. The van der Waals surface area contributed by atoms with Crippen LogP contribution in [0, 0.1) is 6.92 Å². The number of alkyl halides is 3. The zero-order chi connectivity index (χ0) is 21.5. The van der Waals surface area contributed by atoms with Crippen LogP contribution in [-0.2, 0) is 0 Å². The molecule has 0 bridgehead atoms. The fraction of sp³-hybridized carbons (Fsp3) is 0.300. The second-order valence-electron chi connectivity index (χ2n) is 6.98. The summed E-state index contributed by atoms with van der Waals surface area (Å²) in [5.74, 6) is -0.869. The quantitative estimate of drug-likeness (QED) is 0.608. The Hall–Kier alpha value is -3.01. The molecule has 0 saturated carbocycles. The molecular formula is C20H18F3N3O3S. The van der Waals surface area contributed by atoms with Crippen molar-refractivity contribution in [2.45, 2.75) is 26.1 Å². The third-order valence-corrected chi connectivity index (χ3v) is 5.90. The molecular weight excluding hydrogens is 419 g/mol. The number of fused-ring (bicyclic) bond motifs is 1. The third-order valence-electron chi connectivity index (χ3n) is 4.84. The van der Waals surface area contributed by atoms with Gasteiger partial charge < -0.3 is 19.9 Å². The summed E-state index contributed by atoms with van der Waals surface area (Å²) in [5, 5.41) is 2.62. The first kappa shape index (κ1) is 20.3. The highest BCUT2D eigenvalue weighted by Gasteiger charge is 2.31. The van der Waals surface area contributed by atoms with Crippen LogP contribution in [0.3, 0.4) is 0 Å². The van der Waals surface area contributed by atoms with Crippen LogP contribution in [0.5, 0.6) is 5.75 Å². The molecule has 1 saturated heterocycles. The summed E-state index contributed by atoms with van der Waals surface area (Å²) in [6.45, 7) is 3.35. The molecule has 10 heteroatoms. The number of benzene rings is 1. The maximum atomic E-state index is 12.9. The van der Waals surface area contributed by atoms with Crippen molar-refractivity contribution in [2.24, 2.45) is 0 Å². The van der Waals surface area contributed by atoms with Gasteiger partial charge in [0.2, 0.25) is 0 Å². The standard InChI is InChI=1S/C20H18F3N3O3S/c1-11-16(19(28)26-8-2-3-9-26)17-15(30-11)10-14(25-17)18(27)24-12-4-6-13(7-5-12)29-20(21,22)23/h4-7,10,25H,2-3,8-9H2,1H3,(H,24,27). The average Bonchev–Trinajstić information content (AvgIpc) is 3.37. The van der Waals surface area contributed by atoms with Crippen molar-refractivity contribution in [3.8, 4) is 5.75 Å². The van der Waals surface area contributed by atoms with Gasteiger partial charge in [0.15, 0.2) is 0 Å². The van der Waals surface area contributed by atoms with Crippen LogP contribution in [0.4, 0.5) is 18.9 Å². The van der Waals surface area contributed by atoms with E-state index in [-0.39, 0.29) is 17.4 Å². The number of anilines is 1. The third kappa shape index (κ3) is 4.13. The van der Waals surface area contributed by atoms with Gasteiger partial charge in [-0.05, 0) is 50.1 Å². The first-order chi connectivity index (χ1) is 14.2. The number of hydrogen-bond donors (Lipinski definition) is 2. The minimum absolute atomic E-state index is 0.0367. The minimum Gasteiger partial charge on any atom is -0.406 e. The zero-order valence-corrected chi connectivity index (χ0v) is 16.7. The van der Waals surface area contributed by atoms with E-state index in [9.17, 15) is 22.8 Å². The van der Waals surface area contributed by atoms with E-state index in [1.165, 1.54) is 23.5 Å².